The third-order valence-corrected chi connectivity index (χ3v) is 6.07. The Balaban J connectivity index is 1.76. The minimum atomic E-state index is -0.185. The van der Waals surface area contributed by atoms with Gasteiger partial charge in [0.25, 0.3) is 5.91 Å². The summed E-state index contributed by atoms with van der Waals surface area (Å²) in [6, 6.07) is 11.0. The minimum absolute atomic E-state index is 0.185. The number of hydrogen-bond donors (Lipinski definition) is 1. The maximum Gasteiger partial charge on any atom is 0.255 e. The number of unbranched alkanes of at least 4 members (excludes halogenated alkanes) is 1. The quantitative estimate of drug-likeness (QED) is 0.350. The van der Waals surface area contributed by atoms with Crippen LogP contribution in [-0.2, 0) is 0 Å². The lowest BCUT2D eigenvalue weighted by Crippen LogP contribution is -2.12. The number of carbonyl (C=O) groups is 1. The van der Waals surface area contributed by atoms with Gasteiger partial charge in [-0.25, -0.2) is 4.98 Å². The van der Waals surface area contributed by atoms with E-state index >= 15 is 0 Å². The number of aromatic nitrogens is 1. The second-order valence-electron chi connectivity index (χ2n) is 6.12. The van der Waals surface area contributed by atoms with Crippen molar-refractivity contribution < 1.29 is 14.3 Å². The molecule has 0 aliphatic heterocycles. The molecule has 1 amide bonds. The highest BCUT2D eigenvalue weighted by Crippen LogP contribution is 2.31. The molecule has 3 aromatic rings. The first-order valence-electron chi connectivity index (χ1n) is 9.30. The molecule has 0 unspecified atom stereocenters. The van der Waals surface area contributed by atoms with E-state index in [1.54, 1.807) is 41.3 Å². The van der Waals surface area contributed by atoms with Gasteiger partial charge < -0.3 is 14.8 Å². The number of benzene rings is 2. The van der Waals surface area contributed by atoms with Gasteiger partial charge in [-0.3, -0.25) is 4.79 Å². The van der Waals surface area contributed by atoms with E-state index in [-0.39, 0.29) is 5.91 Å². The normalized spacial score (nSPS) is 10.8. The molecule has 0 spiro atoms. The van der Waals surface area contributed by atoms with E-state index in [2.05, 4.69) is 17.2 Å². The van der Waals surface area contributed by atoms with Crippen molar-refractivity contribution in [1.29, 1.82) is 0 Å². The predicted octanol–water partition coefficient (Wildman–Crippen LogP) is 5.85. The van der Waals surface area contributed by atoms with Crippen LogP contribution in [0.3, 0.4) is 0 Å². The van der Waals surface area contributed by atoms with E-state index in [9.17, 15) is 4.79 Å². The Morgan fingerprint density at radius 3 is 2.75 bits per heavy atom. The number of fused-ring (bicyclic) bond motifs is 1. The standard InChI is InChI=1S/C21H24N2O3S2/c1-4-6-11-26-17-10-7-14(12-18(17)25-5-2)20(24)22-15-8-9-16-19(13-15)28-21(23-16)27-3/h7-10,12-13H,4-6,11H2,1-3H3,(H,22,24). The van der Waals surface area contributed by atoms with Crippen molar-refractivity contribution in [2.75, 3.05) is 24.8 Å². The molecule has 5 nitrogen and oxygen atoms in total. The molecule has 1 N–H and O–H groups in total. The van der Waals surface area contributed by atoms with Crippen LogP contribution in [0.25, 0.3) is 10.2 Å². The highest BCUT2D eigenvalue weighted by molar-refractivity contribution is 8.00. The van der Waals surface area contributed by atoms with Gasteiger partial charge in [0.2, 0.25) is 0 Å². The van der Waals surface area contributed by atoms with Crippen LogP contribution >= 0.6 is 23.1 Å². The van der Waals surface area contributed by atoms with E-state index in [1.165, 1.54) is 0 Å². The van der Waals surface area contributed by atoms with Crippen molar-refractivity contribution in [2.24, 2.45) is 0 Å². The third kappa shape index (κ3) is 4.97. The fraction of sp³-hybridized carbons (Fsp3) is 0.333. The lowest BCUT2D eigenvalue weighted by atomic mass is 10.1. The summed E-state index contributed by atoms with van der Waals surface area (Å²) < 4.78 is 13.5. The fourth-order valence-electron chi connectivity index (χ4n) is 2.64. The van der Waals surface area contributed by atoms with E-state index in [1.807, 2.05) is 31.4 Å². The van der Waals surface area contributed by atoms with Crippen LogP contribution in [0.2, 0.25) is 0 Å². The van der Waals surface area contributed by atoms with Crippen LogP contribution in [0, 0.1) is 0 Å². The Hall–Kier alpha value is -2.25. The number of nitrogens with zero attached hydrogens (tertiary/aromatic N) is 1. The summed E-state index contributed by atoms with van der Waals surface area (Å²) in [7, 11) is 0. The van der Waals surface area contributed by atoms with Gasteiger partial charge in [0.15, 0.2) is 15.8 Å². The van der Waals surface area contributed by atoms with Crippen LogP contribution in [0.15, 0.2) is 40.7 Å². The van der Waals surface area contributed by atoms with Crippen molar-refractivity contribution >= 4 is 44.9 Å². The Kier molecular flexibility index (Phi) is 7.17. The van der Waals surface area contributed by atoms with Crippen LogP contribution < -0.4 is 14.8 Å². The number of thiazole rings is 1. The summed E-state index contributed by atoms with van der Waals surface area (Å²) in [5.74, 6) is 1.08. The van der Waals surface area contributed by atoms with Gasteiger partial charge in [-0.05, 0) is 56.0 Å². The summed E-state index contributed by atoms with van der Waals surface area (Å²) in [5.41, 5.74) is 2.22. The maximum atomic E-state index is 12.7. The fourth-order valence-corrected chi connectivity index (χ4v) is 4.16. The van der Waals surface area contributed by atoms with E-state index < -0.39 is 0 Å². The monoisotopic (exact) mass is 416 g/mol. The Morgan fingerprint density at radius 1 is 1.14 bits per heavy atom. The topological polar surface area (TPSA) is 60.5 Å². The van der Waals surface area contributed by atoms with E-state index in [0.29, 0.717) is 30.3 Å². The van der Waals surface area contributed by atoms with Crippen LogP contribution in [0.4, 0.5) is 5.69 Å². The van der Waals surface area contributed by atoms with Crippen LogP contribution in [0.1, 0.15) is 37.0 Å². The number of hydrogen-bond acceptors (Lipinski definition) is 6. The zero-order valence-electron chi connectivity index (χ0n) is 16.3. The maximum absolute atomic E-state index is 12.7. The second-order valence-corrected chi connectivity index (χ2v) is 8.20. The average Bonchev–Trinajstić information content (AvgIpc) is 3.12. The molecule has 7 heteroatoms. The first-order valence-corrected chi connectivity index (χ1v) is 11.3. The Labute approximate surface area is 173 Å². The van der Waals surface area contributed by atoms with Crippen molar-refractivity contribution in [3.63, 3.8) is 0 Å². The zero-order valence-corrected chi connectivity index (χ0v) is 17.9. The molecular weight excluding hydrogens is 392 g/mol. The largest absolute Gasteiger partial charge is 0.490 e. The highest BCUT2D eigenvalue weighted by atomic mass is 32.2. The van der Waals surface area contributed by atoms with Gasteiger partial charge in [-0.15, -0.1) is 11.3 Å². The Morgan fingerprint density at radius 2 is 2.00 bits per heavy atom. The van der Waals surface area contributed by atoms with Crippen LogP contribution in [-0.4, -0.2) is 30.4 Å². The molecule has 0 aliphatic rings. The van der Waals surface area contributed by atoms with Gasteiger partial charge in [0.05, 0.1) is 23.4 Å². The van der Waals surface area contributed by atoms with Crippen molar-refractivity contribution in [3.05, 3.63) is 42.0 Å². The van der Waals surface area contributed by atoms with Gasteiger partial charge in [-0.2, -0.15) is 0 Å². The van der Waals surface area contributed by atoms with Gasteiger partial charge in [-0.1, -0.05) is 25.1 Å². The van der Waals surface area contributed by atoms with Crippen molar-refractivity contribution in [2.45, 2.75) is 31.0 Å². The van der Waals surface area contributed by atoms with E-state index in [0.717, 1.165) is 33.1 Å². The molecular formula is C21H24N2O3S2. The smallest absolute Gasteiger partial charge is 0.255 e. The molecule has 1 aromatic heterocycles. The molecule has 2 aromatic carbocycles. The molecule has 0 fully saturated rings. The number of ether oxygens (including phenoxy) is 2. The van der Waals surface area contributed by atoms with E-state index in [4.69, 9.17) is 9.47 Å². The van der Waals surface area contributed by atoms with Gasteiger partial charge in [0, 0.05) is 11.3 Å². The van der Waals surface area contributed by atoms with Gasteiger partial charge in [0.1, 0.15) is 0 Å². The van der Waals surface area contributed by atoms with Crippen molar-refractivity contribution in [3.8, 4) is 11.5 Å². The first kappa shape index (κ1) is 20.5. The minimum Gasteiger partial charge on any atom is -0.490 e. The lowest BCUT2D eigenvalue weighted by molar-refractivity contribution is 0.102. The molecule has 0 saturated carbocycles. The molecule has 0 saturated heterocycles. The molecule has 28 heavy (non-hydrogen) atoms. The molecule has 148 valence electrons. The second kappa shape index (κ2) is 9.80. The Bertz CT molecular complexity index is 956. The number of rotatable bonds is 9. The number of anilines is 1. The zero-order chi connectivity index (χ0) is 19.9. The third-order valence-electron chi connectivity index (χ3n) is 4.06. The highest BCUT2D eigenvalue weighted by Gasteiger charge is 2.13. The van der Waals surface area contributed by atoms with Crippen LogP contribution in [0.5, 0.6) is 11.5 Å². The number of amides is 1. The first-order chi connectivity index (χ1) is 13.6. The van der Waals surface area contributed by atoms with Gasteiger partial charge >= 0.3 is 0 Å². The summed E-state index contributed by atoms with van der Waals surface area (Å²) >= 11 is 3.24. The summed E-state index contributed by atoms with van der Waals surface area (Å²) in [6.45, 7) is 5.17. The number of thioether (sulfide) groups is 1. The summed E-state index contributed by atoms with van der Waals surface area (Å²) in [5, 5.41) is 2.96. The number of nitrogens with one attached hydrogen (secondary N) is 1. The SMILES string of the molecule is CCCCOc1ccc(C(=O)Nc2ccc3nc(SC)sc3c2)cc1OCC. The summed E-state index contributed by atoms with van der Waals surface area (Å²) in [4.78, 5) is 17.2. The average molecular weight is 417 g/mol. The lowest BCUT2D eigenvalue weighted by Gasteiger charge is -2.13. The molecule has 0 aliphatic carbocycles. The van der Waals surface area contributed by atoms with Crippen molar-refractivity contribution in [1.82, 2.24) is 4.98 Å². The molecule has 1 heterocycles. The molecule has 0 bridgehead atoms. The summed E-state index contributed by atoms with van der Waals surface area (Å²) in [6.07, 6.45) is 4.05. The predicted molar refractivity (Wildman–Crippen MR) is 117 cm³/mol. The molecule has 0 atom stereocenters. The number of carbonyl (C=O) groups excluding carboxylic acids is 1. The molecule has 0 radical (unpaired) electrons. The molecule has 3 rings (SSSR count).